The van der Waals surface area contributed by atoms with E-state index in [0.29, 0.717) is 5.92 Å². The molecule has 2 unspecified atom stereocenters. The van der Waals surface area contributed by atoms with Crippen molar-refractivity contribution in [2.75, 3.05) is 27.2 Å². The van der Waals surface area contributed by atoms with Crippen molar-refractivity contribution in [3.8, 4) is 0 Å². The van der Waals surface area contributed by atoms with E-state index in [9.17, 15) is 9.90 Å². The first-order chi connectivity index (χ1) is 16.9. The predicted octanol–water partition coefficient (Wildman–Crippen LogP) is 5.56. The minimum Gasteiger partial charge on any atom is -0.392 e. The van der Waals surface area contributed by atoms with Gasteiger partial charge in [0.25, 0.3) is 0 Å². The highest BCUT2D eigenvalue weighted by Gasteiger charge is 2.50. The summed E-state index contributed by atoms with van der Waals surface area (Å²) < 4.78 is 1.82. The average molecular weight is 470 g/mol. The van der Waals surface area contributed by atoms with Crippen molar-refractivity contribution in [3.63, 3.8) is 0 Å². The number of aliphatic hydroxyl groups excluding tert-OH is 1. The molecule has 35 heavy (non-hydrogen) atoms. The first kappa shape index (κ1) is 22.6. The van der Waals surface area contributed by atoms with Gasteiger partial charge < -0.3 is 10.0 Å². The Morgan fingerprint density at radius 3 is 2.60 bits per heavy atom. The number of amides is 1. The first-order valence-electron chi connectivity index (χ1n) is 12.9. The lowest BCUT2D eigenvalue weighted by atomic mass is 9.70. The molecule has 1 amide bonds. The Morgan fingerprint density at radius 2 is 1.83 bits per heavy atom. The Morgan fingerprint density at radius 1 is 1.09 bits per heavy atom. The number of allylic oxidation sites excluding steroid dienone is 2. The second-order valence-electron chi connectivity index (χ2n) is 11.1. The van der Waals surface area contributed by atoms with Gasteiger partial charge in [-0.25, -0.2) is 4.79 Å². The van der Waals surface area contributed by atoms with Crippen LogP contribution in [0, 0.1) is 11.3 Å². The van der Waals surface area contributed by atoms with Crippen LogP contribution in [0.25, 0.3) is 21.8 Å². The highest BCUT2D eigenvalue weighted by Crippen LogP contribution is 2.54. The van der Waals surface area contributed by atoms with Crippen LogP contribution in [0.2, 0.25) is 0 Å². The normalized spacial score (nSPS) is 24.0. The van der Waals surface area contributed by atoms with Gasteiger partial charge in [0, 0.05) is 36.8 Å². The fourth-order valence-corrected chi connectivity index (χ4v) is 6.72. The van der Waals surface area contributed by atoms with Crippen molar-refractivity contribution in [2.24, 2.45) is 11.3 Å². The Balaban J connectivity index is 1.25. The molecule has 1 aliphatic heterocycles. The van der Waals surface area contributed by atoms with Crippen LogP contribution in [0.5, 0.6) is 0 Å². The number of fused-ring (bicyclic) bond motifs is 5. The van der Waals surface area contributed by atoms with E-state index in [1.165, 1.54) is 16.7 Å². The van der Waals surface area contributed by atoms with Gasteiger partial charge in [0.15, 0.2) is 0 Å². The third kappa shape index (κ3) is 3.56. The van der Waals surface area contributed by atoms with Crippen LogP contribution in [0.4, 0.5) is 4.79 Å². The lowest BCUT2D eigenvalue weighted by Gasteiger charge is -2.43. The van der Waals surface area contributed by atoms with Crippen molar-refractivity contribution in [3.05, 3.63) is 71.3 Å². The van der Waals surface area contributed by atoms with Crippen molar-refractivity contribution in [1.82, 2.24) is 14.4 Å². The molecule has 5 nitrogen and oxygen atoms in total. The highest BCUT2D eigenvalue weighted by atomic mass is 16.3. The van der Waals surface area contributed by atoms with Crippen LogP contribution in [0.3, 0.4) is 0 Å². The van der Waals surface area contributed by atoms with Gasteiger partial charge in [-0.15, -0.1) is 0 Å². The van der Waals surface area contributed by atoms with E-state index in [4.69, 9.17) is 0 Å². The van der Waals surface area contributed by atoms with Crippen LogP contribution >= 0.6 is 0 Å². The number of para-hydroxylation sites is 1. The number of aromatic nitrogens is 1. The summed E-state index contributed by atoms with van der Waals surface area (Å²) in [7, 11) is 3.59. The summed E-state index contributed by atoms with van der Waals surface area (Å²) in [5.74, 6) is 0.588. The molecule has 1 spiro atoms. The van der Waals surface area contributed by atoms with Gasteiger partial charge in [-0.3, -0.25) is 9.47 Å². The van der Waals surface area contributed by atoms with Crippen molar-refractivity contribution in [2.45, 2.75) is 45.3 Å². The number of piperidine rings is 1. The SMILES string of the molecule is CC1C=C2CC(O)C3(CCN(Cc4ccc5c(c4)c4ccccc4n5C(=O)N(C)C)CC3)C2=CC1. The average Bonchev–Trinajstić information content (AvgIpc) is 3.31. The molecule has 182 valence electrons. The smallest absolute Gasteiger partial charge is 0.328 e. The third-order valence-corrected chi connectivity index (χ3v) is 8.58. The van der Waals surface area contributed by atoms with Crippen LogP contribution < -0.4 is 0 Å². The Bertz CT molecular complexity index is 1370. The third-order valence-electron chi connectivity index (χ3n) is 8.58. The molecule has 0 radical (unpaired) electrons. The summed E-state index contributed by atoms with van der Waals surface area (Å²) in [4.78, 5) is 17.1. The molecule has 1 aromatic heterocycles. The van der Waals surface area contributed by atoms with Gasteiger partial charge in [-0.1, -0.05) is 43.3 Å². The maximum absolute atomic E-state index is 13.0. The quantitative estimate of drug-likeness (QED) is 0.534. The molecule has 1 saturated carbocycles. The van der Waals surface area contributed by atoms with E-state index in [-0.39, 0.29) is 17.6 Å². The molecule has 1 N–H and O–H groups in total. The standard InChI is InChI=1S/C30H35N3O2/c1-20-8-10-25-22(16-20)18-28(34)30(25)12-14-32(15-13-30)19-21-9-11-27-24(17-21)23-6-4-5-7-26(23)33(27)29(35)31(2)3/h4-7,9-11,16-17,20,28,34H,8,12-15,18-19H2,1-3H3. The predicted molar refractivity (Wildman–Crippen MR) is 141 cm³/mol. The van der Waals surface area contributed by atoms with E-state index >= 15 is 0 Å². The summed E-state index contributed by atoms with van der Waals surface area (Å²) in [6.45, 7) is 5.15. The number of aliphatic hydroxyl groups is 1. The molecular weight excluding hydrogens is 434 g/mol. The van der Waals surface area contributed by atoms with E-state index < -0.39 is 0 Å². The summed E-state index contributed by atoms with van der Waals surface area (Å²) in [5.41, 5.74) is 5.98. The lowest BCUT2D eigenvalue weighted by Crippen LogP contribution is -2.44. The molecular formula is C30H35N3O2. The molecule has 2 aromatic carbocycles. The maximum Gasteiger partial charge on any atom is 0.328 e. The molecule has 2 atom stereocenters. The lowest BCUT2D eigenvalue weighted by molar-refractivity contribution is 0.0180. The monoisotopic (exact) mass is 469 g/mol. The molecule has 2 heterocycles. The molecule has 5 heteroatoms. The fraction of sp³-hybridized carbons (Fsp3) is 0.433. The molecule has 3 aliphatic rings. The summed E-state index contributed by atoms with van der Waals surface area (Å²) in [6.07, 6.45) is 8.53. The zero-order valence-corrected chi connectivity index (χ0v) is 21.0. The fourth-order valence-electron chi connectivity index (χ4n) is 6.72. The minimum atomic E-state index is -0.246. The minimum absolute atomic E-state index is 0.0276. The second-order valence-corrected chi connectivity index (χ2v) is 11.1. The number of carbonyl (C=O) groups is 1. The number of nitrogens with zero attached hydrogens (tertiary/aromatic N) is 3. The molecule has 0 bridgehead atoms. The largest absolute Gasteiger partial charge is 0.392 e. The summed E-state index contributed by atoms with van der Waals surface area (Å²) in [5, 5.41) is 13.3. The van der Waals surface area contributed by atoms with Gasteiger partial charge in [0.1, 0.15) is 0 Å². The topological polar surface area (TPSA) is 48.7 Å². The van der Waals surface area contributed by atoms with Gasteiger partial charge in [0.05, 0.1) is 17.1 Å². The Kier molecular flexibility index (Phi) is 5.39. The number of hydrogen-bond acceptors (Lipinski definition) is 3. The van der Waals surface area contributed by atoms with Gasteiger partial charge in [-0.05, 0) is 79.6 Å². The van der Waals surface area contributed by atoms with E-state index in [0.717, 1.165) is 67.1 Å². The molecule has 3 aromatic rings. The van der Waals surface area contributed by atoms with E-state index in [1.54, 1.807) is 19.0 Å². The van der Waals surface area contributed by atoms with Crippen LogP contribution in [-0.2, 0) is 6.54 Å². The molecule has 2 aliphatic carbocycles. The van der Waals surface area contributed by atoms with Crippen molar-refractivity contribution < 1.29 is 9.90 Å². The van der Waals surface area contributed by atoms with Crippen molar-refractivity contribution >= 4 is 27.8 Å². The van der Waals surface area contributed by atoms with Crippen LogP contribution in [0.15, 0.2) is 65.8 Å². The van der Waals surface area contributed by atoms with Gasteiger partial charge in [0.2, 0.25) is 0 Å². The highest BCUT2D eigenvalue weighted by molar-refractivity contribution is 6.13. The number of carbonyl (C=O) groups excluding carboxylic acids is 1. The van der Waals surface area contributed by atoms with Gasteiger partial charge >= 0.3 is 6.03 Å². The van der Waals surface area contributed by atoms with E-state index in [1.807, 2.05) is 22.8 Å². The zero-order chi connectivity index (χ0) is 24.3. The zero-order valence-electron chi connectivity index (χ0n) is 21.0. The number of rotatable bonds is 2. The van der Waals surface area contributed by atoms with Crippen LogP contribution in [-0.4, -0.2) is 58.8 Å². The number of benzene rings is 2. The Labute approximate surface area is 207 Å². The number of hydrogen-bond donors (Lipinski definition) is 1. The summed E-state index contributed by atoms with van der Waals surface area (Å²) >= 11 is 0. The Hall–Kier alpha value is -2.89. The second kappa shape index (κ2) is 8.35. The van der Waals surface area contributed by atoms with Crippen molar-refractivity contribution in [1.29, 1.82) is 0 Å². The van der Waals surface area contributed by atoms with E-state index in [2.05, 4.69) is 48.2 Å². The van der Waals surface area contributed by atoms with Crippen LogP contribution in [0.1, 0.15) is 38.2 Å². The van der Waals surface area contributed by atoms with Gasteiger partial charge in [-0.2, -0.15) is 0 Å². The molecule has 2 fully saturated rings. The first-order valence-corrected chi connectivity index (χ1v) is 12.9. The summed E-state index contributed by atoms with van der Waals surface area (Å²) in [6, 6.07) is 14.7. The molecule has 1 saturated heterocycles. The maximum atomic E-state index is 13.0. The number of likely N-dealkylation sites (tertiary alicyclic amines) is 1. The molecule has 6 rings (SSSR count).